The molecule has 0 spiro atoms. The van der Waals surface area contributed by atoms with Crippen molar-refractivity contribution in [1.29, 1.82) is 0 Å². The molecule has 2 aromatic rings. The topological polar surface area (TPSA) is 56.0 Å². The van der Waals surface area contributed by atoms with Gasteiger partial charge >= 0.3 is 0 Å². The van der Waals surface area contributed by atoms with Gasteiger partial charge in [-0.3, -0.25) is 14.8 Å². The minimum Gasteiger partial charge on any atom is -0.469 e. The maximum Gasteiger partial charge on any atom is 0.191 e. The van der Waals surface area contributed by atoms with Gasteiger partial charge in [-0.1, -0.05) is 30.3 Å². The van der Waals surface area contributed by atoms with Crippen LogP contribution < -0.4 is 10.6 Å². The molecule has 3 aliphatic heterocycles. The molecule has 0 saturated carbocycles. The number of furan rings is 1. The van der Waals surface area contributed by atoms with Gasteiger partial charge < -0.3 is 15.1 Å². The highest BCUT2D eigenvalue weighted by Crippen LogP contribution is 2.15. The van der Waals surface area contributed by atoms with Gasteiger partial charge in [0.1, 0.15) is 5.76 Å². The zero-order valence-corrected chi connectivity index (χ0v) is 16.5. The average Bonchev–Trinajstić information content (AvgIpc) is 3.27. The summed E-state index contributed by atoms with van der Waals surface area (Å²) < 4.78 is 5.43. The number of guanidine groups is 1. The Morgan fingerprint density at radius 3 is 2.43 bits per heavy atom. The predicted octanol–water partition coefficient (Wildman–Crippen LogP) is 1.60. The van der Waals surface area contributed by atoms with E-state index in [2.05, 4.69) is 50.8 Å². The maximum absolute atomic E-state index is 5.43. The lowest BCUT2D eigenvalue weighted by Crippen LogP contribution is -2.62. The van der Waals surface area contributed by atoms with E-state index in [1.54, 1.807) is 6.26 Å². The Morgan fingerprint density at radius 1 is 0.964 bits per heavy atom. The number of hydrogen-bond donors (Lipinski definition) is 2. The summed E-state index contributed by atoms with van der Waals surface area (Å²) in [5.41, 5.74) is 1.34. The van der Waals surface area contributed by atoms with E-state index in [1.165, 1.54) is 31.7 Å². The Balaban J connectivity index is 1.30. The van der Waals surface area contributed by atoms with E-state index in [0.717, 1.165) is 50.7 Å². The van der Waals surface area contributed by atoms with Crippen molar-refractivity contribution >= 4 is 5.96 Å². The normalized spacial score (nSPS) is 24.3. The lowest BCUT2D eigenvalue weighted by Gasteiger charge is -2.47. The first-order valence-corrected chi connectivity index (χ1v) is 10.4. The molecule has 6 nitrogen and oxygen atoms in total. The summed E-state index contributed by atoms with van der Waals surface area (Å²) >= 11 is 0. The largest absolute Gasteiger partial charge is 0.469 e. The van der Waals surface area contributed by atoms with E-state index in [1.807, 2.05) is 12.1 Å². The summed E-state index contributed by atoms with van der Waals surface area (Å²) in [6.07, 6.45) is 3.57. The standard InChI is InChI=1S/C22H31N5O/c1-2-5-19(6-3-1)8-10-23-22(24-11-9-21-7-4-16-28-21)25-17-20-18-26-12-14-27(20)15-13-26/h1-7,16,20H,8-15,17-18H2,(H2,23,24,25). The number of nitrogens with one attached hydrogen (secondary N) is 2. The smallest absolute Gasteiger partial charge is 0.191 e. The third kappa shape index (κ3) is 5.36. The van der Waals surface area contributed by atoms with Crippen molar-refractivity contribution in [1.82, 2.24) is 20.4 Å². The molecule has 3 fully saturated rings. The van der Waals surface area contributed by atoms with Crippen LogP contribution in [-0.4, -0.2) is 74.2 Å². The Kier molecular flexibility index (Phi) is 6.63. The molecule has 1 unspecified atom stereocenters. The quantitative estimate of drug-likeness (QED) is 0.537. The van der Waals surface area contributed by atoms with E-state index in [-0.39, 0.29) is 0 Å². The van der Waals surface area contributed by atoms with Crippen molar-refractivity contribution < 1.29 is 4.42 Å². The number of nitrogens with zero attached hydrogens (tertiary/aromatic N) is 3. The Labute approximate surface area is 167 Å². The van der Waals surface area contributed by atoms with Crippen LogP contribution in [0.5, 0.6) is 0 Å². The van der Waals surface area contributed by atoms with Gasteiger partial charge in [0, 0.05) is 58.3 Å². The van der Waals surface area contributed by atoms with Crippen LogP contribution in [0.2, 0.25) is 0 Å². The second-order valence-electron chi connectivity index (χ2n) is 7.60. The highest BCUT2D eigenvalue weighted by atomic mass is 16.3. The number of benzene rings is 1. The summed E-state index contributed by atoms with van der Waals surface area (Å²) in [6, 6.07) is 15.1. The minimum absolute atomic E-state index is 0.542. The molecule has 3 aliphatic rings. The van der Waals surface area contributed by atoms with E-state index >= 15 is 0 Å². The molecule has 1 atom stereocenters. The van der Waals surface area contributed by atoms with Crippen LogP contribution in [0.3, 0.4) is 0 Å². The van der Waals surface area contributed by atoms with Gasteiger partial charge in [0.25, 0.3) is 0 Å². The zero-order valence-electron chi connectivity index (χ0n) is 16.5. The monoisotopic (exact) mass is 381 g/mol. The van der Waals surface area contributed by atoms with Crippen molar-refractivity contribution in [3.63, 3.8) is 0 Å². The van der Waals surface area contributed by atoms with Gasteiger partial charge in [-0.2, -0.15) is 0 Å². The van der Waals surface area contributed by atoms with Crippen LogP contribution in [0.15, 0.2) is 58.1 Å². The van der Waals surface area contributed by atoms with Crippen LogP contribution in [0.25, 0.3) is 0 Å². The fourth-order valence-electron chi connectivity index (χ4n) is 4.00. The number of fused-ring (bicyclic) bond motifs is 3. The minimum atomic E-state index is 0.542. The Morgan fingerprint density at radius 2 is 1.75 bits per heavy atom. The molecule has 150 valence electrons. The van der Waals surface area contributed by atoms with Crippen LogP contribution in [0.1, 0.15) is 11.3 Å². The highest BCUT2D eigenvalue weighted by Gasteiger charge is 2.31. The summed E-state index contributed by atoms with van der Waals surface area (Å²) in [7, 11) is 0. The molecule has 28 heavy (non-hydrogen) atoms. The zero-order chi connectivity index (χ0) is 19.0. The molecule has 1 aromatic heterocycles. The van der Waals surface area contributed by atoms with E-state index in [0.29, 0.717) is 6.04 Å². The fourth-order valence-corrected chi connectivity index (χ4v) is 4.00. The number of piperazine rings is 3. The van der Waals surface area contributed by atoms with E-state index in [9.17, 15) is 0 Å². The fraction of sp³-hybridized carbons (Fsp3) is 0.500. The predicted molar refractivity (Wildman–Crippen MR) is 113 cm³/mol. The molecule has 5 rings (SSSR count). The van der Waals surface area contributed by atoms with Crippen LogP contribution >= 0.6 is 0 Å². The molecule has 0 radical (unpaired) electrons. The number of hydrogen-bond acceptors (Lipinski definition) is 4. The van der Waals surface area contributed by atoms with Crippen LogP contribution in [0.4, 0.5) is 0 Å². The molecule has 0 amide bonds. The molecular weight excluding hydrogens is 350 g/mol. The van der Waals surface area contributed by atoms with Crippen LogP contribution in [0, 0.1) is 0 Å². The second-order valence-corrected chi connectivity index (χ2v) is 7.60. The molecule has 0 aliphatic carbocycles. The van der Waals surface area contributed by atoms with E-state index < -0.39 is 0 Å². The van der Waals surface area contributed by atoms with Crippen molar-refractivity contribution in [2.75, 3.05) is 52.4 Å². The molecule has 3 saturated heterocycles. The van der Waals surface area contributed by atoms with Crippen molar-refractivity contribution in [3.8, 4) is 0 Å². The van der Waals surface area contributed by atoms with Crippen molar-refractivity contribution in [2.45, 2.75) is 18.9 Å². The molecule has 6 heteroatoms. The first kappa shape index (κ1) is 19.0. The molecule has 2 bridgehead atoms. The van der Waals surface area contributed by atoms with Crippen molar-refractivity contribution in [2.24, 2.45) is 4.99 Å². The molecule has 2 N–H and O–H groups in total. The summed E-state index contributed by atoms with van der Waals surface area (Å²) in [5, 5.41) is 6.98. The van der Waals surface area contributed by atoms with Gasteiger partial charge in [-0.15, -0.1) is 0 Å². The third-order valence-electron chi connectivity index (χ3n) is 5.65. The summed E-state index contributed by atoms with van der Waals surface area (Å²) in [4.78, 5) is 10.1. The number of aliphatic imine (C=N–C) groups is 1. The van der Waals surface area contributed by atoms with Gasteiger partial charge in [0.15, 0.2) is 5.96 Å². The number of rotatable bonds is 8. The average molecular weight is 382 g/mol. The SMILES string of the molecule is c1ccc(CCNC(=NCC2CN3CCN2CC3)NCCc2ccco2)cc1. The van der Waals surface area contributed by atoms with Gasteiger partial charge in [-0.25, -0.2) is 0 Å². The van der Waals surface area contributed by atoms with Gasteiger partial charge in [0.2, 0.25) is 0 Å². The third-order valence-corrected chi connectivity index (χ3v) is 5.65. The summed E-state index contributed by atoms with van der Waals surface area (Å²) in [5.74, 6) is 1.90. The van der Waals surface area contributed by atoms with Crippen molar-refractivity contribution in [3.05, 3.63) is 60.1 Å². The second kappa shape index (κ2) is 9.75. The highest BCUT2D eigenvalue weighted by molar-refractivity contribution is 5.79. The maximum atomic E-state index is 5.43. The molecule has 4 heterocycles. The van der Waals surface area contributed by atoms with Gasteiger partial charge in [0.05, 0.1) is 12.8 Å². The molecule has 1 aromatic carbocycles. The Hall–Kier alpha value is -2.31. The summed E-state index contributed by atoms with van der Waals surface area (Å²) in [6.45, 7) is 8.47. The first-order valence-electron chi connectivity index (χ1n) is 10.4. The van der Waals surface area contributed by atoms with Gasteiger partial charge in [-0.05, 0) is 24.1 Å². The van der Waals surface area contributed by atoms with Crippen LogP contribution in [-0.2, 0) is 12.8 Å². The first-order chi connectivity index (χ1) is 13.9. The lowest BCUT2D eigenvalue weighted by atomic mass is 10.1. The Bertz CT molecular complexity index is 723. The lowest BCUT2D eigenvalue weighted by molar-refractivity contribution is 0.0174. The molecular formula is C22H31N5O. The van der Waals surface area contributed by atoms with E-state index in [4.69, 9.17) is 9.41 Å².